The van der Waals surface area contributed by atoms with Crippen molar-refractivity contribution in [3.05, 3.63) is 40.7 Å². The molecule has 1 fully saturated rings. The van der Waals surface area contributed by atoms with E-state index in [0.29, 0.717) is 37.9 Å². The number of aryl methyl sites for hydroxylation is 2. The summed E-state index contributed by atoms with van der Waals surface area (Å²) in [5.41, 5.74) is 3.90. The van der Waals surface area contributed by atoms with Crippen LogP contribution in [0.2, 0.25) is 0 Å². The zero-order valence-corrected chi connectivity index (χ0v) is 16.2. The number of hydrogen-bond acceptors (Lipinski definition) is 7. The number of carbonyl (C=O) groups excluding carboxylic acids is 1. The van der Waals surface area contributed by atoms with Crippen molar-refractivity contribution in [2.45, 2.75) is 32.3 Å². The first-order valence-corrected chi connectivity index (χ1v) is 9.11. The van der Waals surface area contributed by atoms with E-state index in [1.165, 1.54) is 0 Å². The number of carbonyl (C=O) groups is 1. The van der Waals surface area contributed by atoms with Gasteiger partial charge in [-0.1, -0.05) is 0 Å². The van der Waals surface area contributed by atoms with Gasteiger partial charge < -0.3 is 14.5 Å². The second-order valence-electron chi connectivity index (χ2n) is 7.62. The van der Waals surface area contributed by atoms with Gasteiger partial charge in [-0.3, -0.25) is 9.78 Å². The molecule has 8 nitrogen and oxygen atoms in total. The number of anilines is 1. The van der Waals surface area contributed by atoms with Crippen molar-refractivity contribution in [3.8, 4) is 0 Å². The van der Waals surface area contributed by atoms with Gasteiger partial charge in [0.15, 0.2) is 0 Å². The Bertz CT molecular complexity index is 883. The summed E-state index contributed by atoms with van der Waals surface area (Å²) in [6.07, 6.45) is 3.98. The Morgan fingerprint density at radius 3 is 2.74 bits per heavy atom. The summed E-state index contributed by atoms with van der Waals surface area (Å²) in [7, 11) is 3.88. The number of rotatable bonds is 2. The summed E-state index contributed by atoms with van der Waals surface area (Å²) in [6.45, 7) is 6.15. The molecule has 2 aliphatic rings. The first-order chi connectivity index (χ1) is 12.9. The lowest BCUT2D eigenvalue weighted by molar-refractivity contribution is 0.0479. The van der Waals surface area contributed by atoms with Crippen LogP contribution in [0.3, 0.4) is 0 Å². The fourth-order valence-electron chi connectivity index (χ4n) is 3.83. The zero-order valence-electron chi connectivity index (χ0n) is 16.2. The first-order valence-electron chi connectivity index (χ1n) is 9.11. The largest absolute Gasteiger partial charge is 0.376 e. The van der Waals surface area contributed by atoms with Crippen LogP contribution in [0.25, 0.3) is 0 Å². The lowest BCUT2D eigenvalue weighted by Gasteiger charge is -2.35. The molecule has 142 valence electrons. The molecule has 4 rings (SSSR count). The van der Waals surface area contributed by atoms with E-state index in [-0.39, 0.29) is 11.3 Å². The average molecular weight is 368 g/mol. The molecule has 0 unspecified atom stereocenters. The molecule has 8 heteroatoms. The molecule has 0 radical (unpaired) electrons. The molecule has 0 bridgehead atoms. The summed E-state index contributed by atoms with van der Waals surface area (Å²) in [4.78, 5) is 34.5. The third-order valence-corrected chi connectivity index (χ3v) is 5.37. The number of aromatic nitrogens is 4. The van der Waals surface area contributed by atoms with E-state index in [2.05, 4.69) is 15.0 Å². The fraction of sp³-hybridized carbons (Fsp3) is 0.526. The highest BCUT2D eigenvalue weighted by Gasteiger charge is 2.47. The third kappa shape index (κ3) is 3.03. The van der Waals surface area contributed by atoms with Gasteiger partial charge in [0.05, 0.1) is 36.2 Å². The van der Waals surface area contributed by atoms with Gasteiger partial charge in [0.2, 0.25) is 5.95 Å². The Kier molecular flexibility index (Phi) is 4.30. The molecule has 2 aromatic rings. The molecule has 4 heterocycles. The van der Waals surface area contributed by atoms with Crippen LogP contribution >= 0.6 is 0 Å². The van der Waals surface area contributed by atoms with E-state index in [1.54, 1.807) is 12.4 Å². The highest BCUT2D eigenvalue weighted by Crippen LogP contribution is 2.40. The van der Waals surface area contributed by atoms with Crippen molar-refractivity contribution < 1.29 is 9.53 Å². The number of amides is 1. The van der Waals surface area contributed by atoms with Crippen LogP contribution in [0.5, 0.6) is 0 Å². The minimum absolute atomic E-state index is 0.0925. The molecule has 1 saturated heterocycles. The second kappa shape index (κ2) is 6.53. The molecule has 27 heavy (non-hydrogen) atoms. The highest BCUT2D eigenvalue weighted by molar-refractivity contribution is 5.92. The molecule has 2 aliphatic heterocycles. The maximum absolute atomic E-state index is 12.9. The Morgan fingerprint density at radius 1 is 1.22 bits per heavy atom. The van der Waals surface area contributed by atoms with Crippen LogP contribution in [-0.2, 0) is 16.8 Å². The van der Waals surface area contributed by atoms with E-state index in [0.717, 1.165) is 29.1 Å². The summed E-state index contributed by atoms with van der Waals surface area (Å²) in [5.74, 6) is 0.604. The highest BCUT2D eigenvalue weighted by atomic mass is 16.5. The van der Waals surface area contributed by atoms with Crippen molar-refractivity contribution >= 4 is 11.9 Å². The molecule has 1 atom stereocenters. The van der Waals surface area contributed by atoms with E-state index in [1.807, 2.05) is 37.7 Å². The molecular weight excluding hydrogens is 344 g/mol. The quantitative estimate of drug-likeness (QED) is 0.789. The van der Waals surface area contributed by atoms with Gasteiger partial charge in [-0.15, -0.1) is 0 Å². The van der Waals surface area contributed by atoms with E-state index in [9.17, 15) is 4.79 Å². The average Bonchev–Trinajstić information content (AvgIpc) is 3.07. The van der Waals surface area contributed by atoms with Gasteiger partial charge in [0, 0.05) is 44.6 Å². The van der Waals surface area contributed by atoms with Crippen LogP contribution in [0.4, 0.5) is 5.95 Å². The number of likely N-dealkylation sites (tertiary alicyclic amines) is 1. The number of fused-ring (bicyclic) bond motifs is 2. The van der Waals surface area contributed by atoms with Crippen LogP contribution in [-0.4, -0.2) is 64.5 Å². The van der Waals surface area contributed by atoms with Gasteiger partial charge >= 0.3 is 0 Å². The smallest absolute Gasteiger partial charge is 0.274 e. The van der Waals surface area contributed by atoms with E-state index >= 15 is 0 Å². The van der Waals surface area contributed by atoms with Crippen LogP contribution in [0.15, 0.2) is 12.4 Å². The molecule has 0 N–H and O–H groups in total. The van der Waals surface area contributed by atoms with Crippen LogP contribution < -0.4 is 4.90 Å². The maximum atomic E-state index is 12.9. The molecule has 0 saturated carbocycles. The normalized spacial score (nSPS) is 21.4. The van der Waals surface area contributed by atoms with Crippen molar-refractivity contribution in [2.24, 2.45) is 0 Å². The van der Waals surface area contributed by atoms with Gasteiger partial charge in [0.25, 0.3) is 5.91 Å². The van der Waals surface area contributed by atoms with Gasteiger partial charge in [-0.2, -0.15) is 0 Å². The molecule has 1 spiro atoms. The predicted octanol–water partition coefficient (Wildman–Crippen LogP) is 1.26. The third-order valence-electron chi connectivity index (χ3n) is 5.37. The topological polar surface area (TPSA) is 84.3 Å². The summed E-state index contributed by atoms with van der Waals surface area (Å²) in [5, 5.41) is 0. The molecule has 0 aliphatic carbocycles. The van der Waals surface area contributed by atoms with Crippen LogP contribution in [0, 0.1) is 13.8 Å². The number of hydrogen-bond donors (Lipinski definition) is 0. The minimum atomic E-state index is -0.292. The van der Waals surface area contributed by atoms with Gasteiger partial charge in [-0.05, 0) is 20.3 Å². The fourth-order valence-corrected chi connectivity index (χ4v) is 3.83. The summed E-state index contributed by atoms with van der Waals surface area (Å²) < 4.78 is 5.90. The molecule has 1 amide bonds. The monoisotopic (exact) mass is 368 g/mol. The molecule has 0 aromatic carbocycles. The SMILES string of the molecule is Cc1cnc(C(=O)N2CC[C@@]3(COCc4c(C)nc(N(C)C)nc43)C2)cn1. The van der Waals surface area contributed by atoms with Crippen molar-refractivity contribution in [3.63, 3.8) is 0 Å². The van der Waals surface area contributed by atoms with Gasteiger partial charge in [-0.25, -0.2) is 15.0 Å². The Morgan fingerprint density at radius 2 is 2.04 bits per heavy atom. The summed E-state index contributed by atoms with van der Waals surface area (Å²) >= 11 is 0. The number of nitrogens with zero attached hydrogens (tertiary/aromatic N) is 6. The van der Waals surface area contributed by atoms with E-state index < -0.39 is 0 Å². The Balaban J connectivity index is 1.66. The Hall–Kier alpha value is -2.61. The zero-order chi connectivity index (χ0) is 19.2. The summed E-state index contributed by atoms with van der Waals surface area (Å²) in [6, 6.07) is 0. The van der Waals surface area contributed by atoms with Crippen molar-refractivity contribution in [2.75, 3.05) is 38.7 Å². The predicted molar refractivity (Wildman–Crippen MR) is 99.7 cm³/mol. The molecular formula is C19H24N6O2. The lowest BCUT2D eigenvalue weighted by atomic mass is 9.80. The first kappa shape index (κ1) is 17.8. The second-order valence-corrected chi connectivity index (χ2v) is 7.62. The van der Waals surface area contributed by atoms with Crippen LogP contribution in [0.1, 0.15) is 39.6 Å². The number of ether oxygens (including phenoxy) is 1. The van der Waals surface area contributed by atoms with Gasteiger partial charge in [0.1, 0.15) is 5.69 Å². The molecule has 2 aromatic heterocycles. The minimum Gasteiger partial charge on any atom is -0.376 e. The van der Waals surface area contributed by atoms with Crippen molar-refractivity contribution in [1.82, 2.24) is 24.8 Å². The Labute approximate surface area is 158 Å². The lowest BCUT2D eigenvalue weighted by Crippen LogP contribution is -2.42. The standard InChI is InChI=1S/C19H24N6O2/c1-12-7-21-15(8-20-12)17(26)25-6-5-19(10-25)11-27-9-14-13(2)22-18(24(3)4)23-16(14)19/h7-8H,5-6,9-11H2,1-4H3/t19-/m0/s1. The maximum Gasteiger partial charge on any atom is 0.274 e. The van der Waals surface area contributed by atoms with Crippen molar-refractivity contribution in [1.29, 1.82) is 0 Å². The van der Waals surface area contributed by atoms with E-state index in [4.69, 9.17) is 9.72 Å².